The molecule has 3 nitrogen and oxygen atoms in total. The fraction of sp³-hybridized carbons (Fsp3) is 0.438. The SMILES string of the molecule is C[C@@H](CN1CCCC1)Nc1ccnc2cc(Cl)ccc12. The Labute approximate surface area is 124 Å². The lowest BCUT2D eigenvalue weighted by Gasteiger charge is -2.22. The summed E-state index contributed by atoms with van der Waals surface area (Å²) in [7, 11) is 0. The summed E-state index contributed by atoms with van der Waals surface area (Å²) in [6.07, 6.45) is 4.51. The van der Waals surface area contributed by atoms with Gasteiger partial charge in [0.2, 0.25) is 0 Å². The third kappa shape index (κ3) is 3.05. The van der Waals surface area contributed by atoms with E-state index >= 15 is 0 Å². The number of halogens is 1. The van der Waals surface area contributed by atoms with Gasteiger partial charge in [0, 0.05) is 34.9 Å². The van der Waals surface area contributed by atoms with Crippen LogP contribution < -0.4 is 5.32 Å². The van der Waals surface area contributed by atoms with E-state index in [1.165, 1.54) is 25.9 Å². The topological polar surface area (TPSA) is 28.2 Å². The predicted octanol–water partition coefficient (Wildman–Crippen LogP) is 3.78. The maximum atomic E-state index is 6.02. The molecule has 1 aromatic heterocycles. The highest BCUT2D eigenvalue weighted by atomic mass is 35.5. The molecule has 0 unspecified atom stereocenters. The largest absolute Gasteiger partial charge is 0.381 e. The van der Waals surface area contributed by atoms with Crippen LogP contribution in [0.15, 0.2) is 30.5 Å². The van der Waals surface area contributed by atoms with E-state index in [-0.39, 0.29) is 0 Å². The number of anilines is 1. The molecule has 3 rings (SSSR count). The zero-order chi connectivity index (χ0) is 13.9. The molecule has 2 aromatic rings. The minimum absolute atomic E-state index is 0.425. The molecule has 0 amide bonds. The van der Waals surface area contributed by atoms with Crippen LogP contribution in [0.3, 0.4) is 0 Å². The van der Waals surface area contributed by atoms with Crippen LogP contribution in [0.2, 0.25) is 5.02 Å². The standard InChI is InChI=1S/C16H20ClN3/c1-12(11-20-8-2-3-9-20)19-15-6-7-18-16-10-13(17)4-5-14(15)16/h4-7,10,12H,2-3,8-9,11H2,1H3,(H,18,19)/t12-/m0/s1. The van der Waals surface area contributed by atoms with Gasteiger partial charge in [0.25, 0.3) is 0 Å². The van der Waals surface area contributed by atoms with Crippen LogP contribution >= 0.6 is 11.6 Å². The molecule has 1 aliphatic heterocycles. The molecule has 0 radical (unpaired) electrons. The second-order valence-electron chi connectivity index (χ2n) is 5.57. The van der Waals surface area contributed by atoms with Crippen LogP contribution in [0.4, 0.5) is 5.69 Å². The smallest absolute Gasteiger partial charge is 0.0737 e. The molecule has 0 saturated carbocycles. The van der Waals surface area contributed by atoms with E-state index in [2.05, 4.69) is 22.1 Å². The summed E-state index contributed by atoms with van der Waals surface area (Å²) in [5.74, 6) is 0. The zero-order valence-corrected chi connectivity index (χ0v) is 12.5. The summed E-state index contributed by atoms with van der Waals surface area (Å²) >= 11 is 6.02. The van der Waals surface area contributed by atoms with Crippen molar-refractivity contribution in [1.82, 2.24) is 9.88 Å². The molecule has 106 valence electrons. The fourth-order valence-corrected chi connectivity index (χ4v) is 3.08. The predicted molar refractivity (Wildman–Crippen MR) is 85.5 cm³/mol. The lowest BCUT2D eigenvalue weighted by atomic mass is 10.1. The maximum absolute atomic E-state index is 6.02. The molecule has 1 fully saturated rings. The van der Waals surface area contributed by atoms with E-state index in [9.17, 15) is 0 Å². The molecule has 1 atom stereocenters. The number of nitrogens with one attached hydrogen (secondary N) is 1. The van der Waals surface area contributed by atoms with E-state index in [1.54, 1.807) is 0 Å². The average Bonchev–Trinajstić information content (AvgIpc) is 2.91. The highest BCUT2D eigenvalue weighted by molar-refractivity contribution is 6.31. The number of rotatable bonds is 4. The van der Waals surface area contributed by atoms with Gasteiger partial charge < -0.3 is 10.2 Å². The lowest BCUT2D eigenvalue weighted by Crippen LogP contribution is -2.33. The summed E-state index contributed by atoms with van der Waals surface area (Å²) in [6, 6.07) is 8.33. The van der Waals surface area contributed by atoms with Crippen LogP contribution in [0.5, 0.6) is 0 Å². The van der Waals surface area contributed by atoms with Crippen LogP contribution in [-0.2, 0) is 0 Å². The van der Waals surface area contributed by atoms with Crippen molar-refractivity contribution in [3.63, 3.8) is 0 Å². The third-order valence-corrected chi connectivity index (χ3v) is 4.07. The third-order valence-electron chi connectivity index (χ3n) is 3.84. The summed E-state index contributed by atoms with van der Waals surface area (Å²) in [6.45, 7) is 5.80. The fourth-order valence-electron chi connectivity index (χ4n) is 2.91. The van der Waals surface area contributed by atoms with E-state index < -0.39 is 0 Å². The second-order valence-corrected chi connectivity index (χ2v) is 6.01. The molecular weight excluding hydrogens is 270 g/mol. The van der Waals surface area contributed by atoms with Gasteiger partial charge >= 0.3 is 0 Å². The quantitative estimate of drug-likeness (QED) is 0.928. The van der Waals surface area contributed by atoms with E-state index in [1.807, 2.05) is 30.5 Å². The Kier molecular flexibility index (Phi) is 4.08. The van der Waals surface area contributed by atoms with Crippen LogP contribution in [0.25, 0.3) is 10.9 Å². The molecule has 1 aromatic carbocycles. The summed E-state index contributed by atoms with van der Waals surface area (Å²) in [5, 5.41) is 5.47. The molecule has 1 N–H and O–H groups in total. The number of nitrogens with zero attached hydrogens (tertiary/aromatic N) is 2. The number of benzene rings is 1. The van der Waals surface area contributed by atoms with Gasteiger partial charge in [-0.25, -0.2) is 0 Å². The number of aromatic nitrogens is 1. The number of hydrogen-bond acceptors (Lipinski definition) is 3. The number of pyridine rings is 1. The molecule has 0 spiro atoms. The monoisotopic (exact) mass is 289 g/mol. The normalized spacial score (nSPS) is 17.5. The van der Waals surface area contributed by atoms with Crippen molar-refractivity contribution >= 4 is 28.2 Å². The number of likely N-dealkylation sites (tertiary alicyclic amines) is 1. The van der Waals surface area contributed by atoms with Crippen molar-refractivity contribution in [2.45, 2.75) is 25.8 Å². The van der Waals surface area contributed by atoms with Gasteiger partial charge in [0.05, 0.1) is 5.52 Å². The van der Waals surface area contributed by atoms with E-state index in [4.69, 9.17) is 11.6 Å². The Morgan fingerprint density at radius 3 is 2.90 bits per heavy atom. The van der Waals surface area contributed by atoms with Gasteiger partial charge in [-0.3, -0.25) is 4.98 Å². The van der Waals surface area contributed by atoms with Crippen LogP contribution in [0.1, 0.15) is 19.8 Å². The first-order valence-electron chi connectivity index (χ1n) is 7.25. The first-order chi connectivity index (χ1) is 9.72. The van der Waals surface area contributed by atoms with Crippen molar-refractivity contribution in [3.8, 4) is 0 Å². The van der Waals surface area contributed by atoms with Crippen molar-refractivity contribution in [3.05, 3.63) is 35.5 Å². The molecule has 4 heteroatoms. The van der Waals surface area contributed by atoms with E-state index in [0.717, 1.165) is 28.2 Å². The first-order valence-corrected chi connectivity index (χ1v) is 7.63. The molecule has 0 aliphatic carbocycles. The highest BCUT2D eigenvalue weighted by Crippen LogP contribution is 2.25. The minimum atomic E-state index is 0.425. The molecule has 1 saturated heterocycles. The highest BCUT2D eigenvalue weighted by Gasteiger charge is 2.15. The van der Waals surface area contributed by atoms with Crippen molar-refractivity contribution in [2.24, 2.45) is 0 Å². The van der Waals surface area contributed by atoms with Gasteiger partial charge in [-0.05, 0) is 57.1 Å². The van der Waals surface area contributed by atoms with Crippen molar-refractivity contribution in [1.29, 1.82) is 0 Å². The molecule has 2 heterocycles. The summed E-state index contributed by atoms with van der Waals surface area (Å²) in [5.41, 5.74) is 2.08. The van der Waals surface area contributed by atoms with Gasteiger partial charge in [-0.15, -0.1) is 0 Å². The Morgan fingerprint density at radius 1 is 1.30 bits per heavy atom. The summed E-state index contributed by atoms with van der Waals surface area (Å²) in [4.78, 5) is 6.90. The van der Waals surface area contributed by atoms with Crippen LogP contribution in [-0.4, -0.2) is 35.6 Å². The van der Waals surface area contributed by atoms with Crippen molar-refractivity contribution in [2.75, 3.05) is 25.0 Å². The zero-order valence-electron chi connectivity index (χ0n) is 11.8. The first kappa shape index (κ1) is 13.7. The molecule has 0 bridgehead atoms. The Hall–Kier alpha value is -1.32. The van der Waals surface area contributed by atoms with Gasteiger partial charge in [-0.1, -0.05) is 11.6 Å². The lowest BCUT2D eigenvalue weighted by molar-refractivity contribution is 0.328. The summed E-state index contributed by atoms with van der Waals surface area (Å²) < 4.78 is 0. The van der Waals surface area contributed by atoms with Crippen LogP contribution in [0, 0.1) is 0 Å². The van der Waals surface area contributed by atoms with Crippen molar-refractivity contribution < 1.29 is 0 Å². The number of fused-ring (bicyclic) bond motifs is 1. The molecule has 1 aliphatic rings. The Bertz CT molecular complexity index is 593. The maximum Gasteiger partial charge on any atom is 0.0737 e. The molecular formula is C16H20ClN3. The Morgan fingerprint density at radius 2 is 2.10 bits per heavy atom. The minimum Gasteiger partial charge on any atom is -0.381 e. The Balaban J connectivity index is 1.76. The average molecular weight is 290 g/mol. The second kappa shape index (κ2) is 5.98. The van der Waals surface area contributed by atoms with Gasteiger partial charge in [0.1, 0.15) is 0 Å². The van der Waals surface area contributed by atoms with Gasteiger partial charge in [0.15, 0.2) is 0 Å². The number of hydrogen-bond donors (Lipinski definition) is 1. The van der Waals surface area contributed by atoms with Gasteiger partial charge in [-0.2, -0.15) is 0 Å². The van der Waals surface area contributed by atoms with E-state index in [0.29, 0.717) is 6.04 Å². The molecule has 20 heavy (non-hydrogen) atoms.